The van der Waals surface area contributed by atoms with Crippen molar-refractivity contribution in [3.8, 4) is 0 Å². The Kier molecular flexibility index (Phi) is 3.33. The highest BCUT2D eigenvalue weighted by molar-refractivity contribution is 5.00. The van der Waals surface area contributed by atoms with Gasteiger partial charge in [-0.1, -0.05) is 12.8 Å². The summed E-state index contributed by atoms with van der Waals surface area (Å²) in [7, 11) is 0. The van der Waals surface area contributed by atoms with Crippen LogP contribution in [0.1, 0.15) is 44.9 Å². The highest BCUT2D eigenvalue weighted by atomic mass is 16.5. The maximum atomic E-state index is 9.71. The van der Waals surface area contributed by atoms with Crippen molar-refractivity contribution in [2.75, 3.05) is 6.61 Å². The van der Waals surface area contributed by atoms with Crippen LogP contribution in [-0.2, 0) is 0 Å². The Morgan fingerprint density at radius 3 is 2.60 bits per heavy atom. The van der Waals surface area contributed by atoms with E-state index < -0.39 is 6.29 Å². The van der Waals surface area contributed by atoms with Crippen molar-refractivity contribution in [1.82, 2.24) is 0 Å². The highest BCUT2D eigenvalue weighted by Gasteiger charge is 2.54. The molecule has 3 nitrogen and oxygen atoms in total. The molecule has 2 rings (SSSR count). The van der Waals surface area contributed by atoms with Crippen molar-refractivity contribution in [1.29, 1.82) is 0 Å². The van der Waals surface area contributed by atoms with Crippen LogP contribution in [-0.4, -0.2) is 28.2 Å². The van der Waals surface area contributed by atoms with E-state index in [1.807, 2.05) is 0 Å². The zero-order valence-corrected chi connectivity index (χ0v) is 9.23. The van der Waals surface area contributed by atoms with Crippen molar-refractivity contribution in [2.24, 2.45) is 17.3 Å². The molecule has 2 aliphatic carbocycles. The summed E-state index contributed by atoms with van der Waals surface area (Å²) in [4.78, 5) is 0. The second-order valence-electron chi connectivity index (χ2n) is 5.22. The van der Waals surface area contributed by atoms with Crippen LogP contribution in [0.2, 0.25) is 0 Å². The van der Waals surface area contributed by atoms with Gasteiger partial charge in [0.15, 0.2) is 6.29 Å². The number of rotatable bonds is 3. The van der Waals surface area contributed by atoms with Crippen LogP contribution in [0, 0.1) is 17.3 Å². The van der Waals surface area contributed by atoms with Crippen LogP contribution in [0.15, 0.2) is 0 Å². The predicted molar refractivity (Wildman–Crippen MR) is 57.0 cm³/mol. The lowest BCUT2D eigenvalue weighted by atomic mass is 9.63. The first-order chi connectivity index (χ1) is 7.21. The summed E-state index contributed by atoms with van der Waals surface area (Å²) in [5.74, 6) is 0.788. The fourth-order valence-corrected chi connectivity index (χ4v) is 4.04. The fraction of sp³-hybridized carbons (Fsp3) is 1.00. The maximum Gasteiger partial charge on any atom is 0.157 e. The molecule has 0 bridgehead atoms. The predicted octanol–water partition coefficient (Wildman–Crippen LogP) is 1.27. The third kappa shape index (κ3) is 1.71. The molecular formula is C12H22O3. The van der Waals surface area contributed by atoms with Gasteiger partial charge in [-0.25, -0.2) is 0 Å². The van der Waals surface area contributed by atoms with E-state index >= 15 is 0 Å². The van der Waals surface area contributed by atoms with E-state index in [4.69, 9.17) is 5.11 Å². The van der Waals surface area contributed by atoms with E-state index in [-0.39, 0.29) is 12.0 Å². The Bertz CT molecular complexity index is 217. The Morgan fingerprint density at radius 2 is 1.93 bits per heavy atom. The van der Waals surface area contributed by atoms with Gasteiger partial charge < -0.3 is 15.3 Å². The summed E-state index contributed by atoms with van der Waals surface area (Å²) >= 11 is 0. The molecule has 0 saturated heterocycles. The lowest BCUT2D eigenvalue weighted by molar-refractivity contribution is -0.182. The molecule has 0 spiro atoms. The molecule has 0 heterocycles. The number of hydrogen-bond acceptors (Lipinski definition) is 3. The van der Waals surface area contributed by atoms with E-state index in [2.05, 4.69) is 0 Å². The van der Waals surface area contributed by atoms with E-state index in [0.29, 0.717) is 11.8 Å². The quantitative estimate of drug-likeness (QED) is 0.620. The van der Waals surface area contributed by atoms with Crippen LogP contribution in [0.4, 0.5) is 0 Å². The van der Waals surface area contributed by atoms with Crippen LogP contribution in [0.25, 0.3) is 0 Å². The van der Waals surface area contributed by atoms with E-state index in [1.54, 1.807) is 0 Å². The number of aliphatic hydroxyl groups is 3. The molecule has 0 aliphatic heterocycles. The van der Waals surface area contributed by atoms with Gasteiger partial charge in [-0.05, 0) is 43.9 Å². The smallest absolute Gasteiger partial charge is 0.157 e. The van der Waals surface area contributed by atoms with Crippen molar-refractivity contribution in [3.05, 3.63) is 0 Å². The number of aliphatic hydroxyl groups excluding tert-OH is 2. The summed E-state index contributed by atoms with van der Waals surface area (Å²) < 4.78 is 0. The molecule has 2 fully saturated rings. The molecule has 0 aromatic carbocycles. The van der Waals surface area contributed by atoms with Crippen molar-refractivity contribution < 1.29 is 15.3 Å². The third-order valence-electron chi connectivity index (χ3n) is 4.75. The monoisotopic (exact) mass is 214 g/mol. The van der Waals surface area contributed by atoms with Crippen LogP contribution in [0.3, 0.4) is 0 Å². The fourth-order valence-electron chi connectivity index (χ4n) is 4.04. The topological polar surface area (TPSA) is 60.7 Å². The maximum absolute atomic E-state index is 9.71. The van der Waals surface area contributed by atoms with Crippen molar-refractivity contribution >= 4 is 0 Å². The molecule has 3 unspecified atom stereocenters. The van der Waals surface area contributed by atoms with Crippen LogP contribution in [0.5, 0.6) is 0 Å². The number of hydrogen-bond donors (Lipinski definition) is 3. The minimum atomic E-state index is -1.19. The Morgan fingerprint density at radius 1 is 1.13 bits per heavy atom. The SMILES string of the molecule is OCCC1CCC2CCCCC12C(O)O. The summed E-state index contributed by atoms with van der Waals surface area (Å²) in [5.41, 5.74) is -0.291. The molecule has 88 valence electrons. The summed E-state index contributed by atoms with van der Waals surface area (Å²) in [5, 5.41) is 28.5. The zero-order valence-electron chi connectivity index (χ0n) is 9.23. The van der Waals surface area contributed by atoms with Gasteiger partial charge in [0, 0.05) is 12.0 Å². The molecule has 0 radical (unpaired) electrons. The molecule has 15 heavy (non-hydrogen) atoms. The largest absolute Gasteiger partial charge is 0.396 e. The first kappa shape index (κ1) is 11.4. The molecule has 0 aromatic rings. The van der Waals surface area contributed by atoms with Gasteiger partial charge in [0.25, 0.3) is 0 Å². The van der Waals surface area contributed by atoms with Gasteiger partial charge in [0.2, 0.25) is 0 Å². The first-order valence-electron chi connectivity index (χ1n) is 6.19. The number of fused-ring (bicyclic) bond motifs is 1. The Hall–Kier alpha value is -0.120. The normalized spacial score (nSPS) is 40.8. The zero-order chi connectivity index (χ0) is 10.9. The summed E-state index contributed by atoms with van der Waals surface area (Å²) in [6, 6.07) is 0. The first-order valence-corrected chi connectivity index (χ1v) is 6.19. The van der Waals surface area contributed by atoms with E-state index in [0.717, 1.165) is 38.5 Å². The molecule has 0 amide bonds. The molecule has 0 aromatic heterocycles. The van der Waals surface area contributed by atoms with Crippen LogP contribution < -0.4 is 0 Å². The van der Waals surface area contributed by atoms with Gasteiger partial charge in [-0.3, -0.25) is 0 Å². The molecule has 3 atom stereocenters. The summed E-state index contributed by atoms with van der Waals surface area (Å²) in [6.07, 6.45) is 6.11. The average Bonchev–Trinajstić information content (AvgIpc) is 2.60. The molecule has 2 aliphatic rings. The molecule has 3 N–H and O–H groups in total. The van der Waals surface area contributed by atoms with Gasteiger partial charge in [-0.2, -0.15) is 0 Å². The average molecular weight is 214 g/mol. The van der Waals surface area contributed by atoms with E-state index in [9.17, 15) is 10.2 Å². The van der Waals surface area contributed by atoms with Gasteiger partial charge in [0.1, 0.15) is 0 Å². The Labute approximate surface area is 91.1 Å². The molecule has 2 saturated carbocycles. The standard InChI is InChI=1S/C12H22O3/c13-8-6-10-5-4-9-3-1-2-7-12(9,10)11(14)15/h9-11,13-15H,1-8H2. The minimum Gasteiger partial charge on any atom is -0.396 e. The second kappa shape index (κ2) is 4.40. The third-order valence-corrected chi connectivity index (χ3v) is 4.75. The Balaban J connectivity index is 2.20. The lowest BCUT2D eigenvalue weighted by Crippen LogP contribution is -2.45. The lowest BCUT2D eigenvalue weighted by Gasteiger charge is -2.45. The highest BCUT2D eigenvalue weighted by Crippen LogP contribution is 2.58. The van der Waals surface area contributed by atoms with Crippen molar-refractivity contribution in [3.63, 3.8) is 0 Å². The molecular weight excluding hydrogens is 192 g/mol. The second-order valence-corrected chi connectivity index (χ2v) is 5.22. The van der Waals surface area contributed by atoms with Gasteiger partial charge in [-0.15, -0.1) is 0 Å². The van der Waals surface area contributed by atoms with Crippen LogP contribution >= 0.6 is 0 Å². The van der Waals surface area contributed by atoms with E-state index in [1.165, 1.54) is 6.42 Å². The minimum absolute atomic E-state index is 0.172. The van der Waals surface area contributed by atoms with Gasteiger partial charge >= 0.3 is 0 Å². The van der Waals surface area contributed by atoms with Gasteiger partial charge in [0.05, 0.1) is 0 Å². The molecule has 3 heteroatoms. The summed E-state index contributed by atoms with van der Waals surface area (Å²) in [6.45, 7) is 0.172. The van der Waals surface area contributed by atoms with Crippen molar-refractivity contribution in [2.45, 2.75) is 51.2 Å².